The van der Waals surface area contributed by atoms with E-state index in [9.17, 15) is 9.59 Å². The van der Waals surface area contributed by atoms with Crippen molar-refractivity contribution in [1.82, 2.24) is 14.5 Å². The molecule has 3 aromatic carbocycles. The quantitative estimate of drug-likeness (QED) is 0.352. The standard InChI is InChI=1S/C28H27ClN4O2/c1-20(2)32(27(35)17-21-13-15-23(29)16-14-21)19-26(34)31-28-30-25(22-9-5-3-6-10-22)18-33(28)24-11-7-4-8-12-24/h3-16,18,20H,17,19H2,1-2H3,(H,30,31,34). The van der Waals surface area contributed by atoms with E-state index >= 15 is 0 Å². The van der Waals surface area contributed by atoms with Gasteiger partial charge in [-0.05, 0) is 43.7 Å². The number of carbonyl (C=O) groups excluding carboxylic acids is 2. The monoisotopic (exact) mass is 486 g/mol. The van der Waals surface area contributed by atoms with E-state index in [1.54, 1.807) is 17.0 Å². The number of hydrogen-bond donors (Lipinski definition) is 1. The number of amides is 2. The van der Waals surface area contributed by atoms with Crippen LogP contribution in [0.3, 0.4) is 0 Å². The van der Waals surface area contributed by atoms with Gasteiger partial charge in [0.1, 0.15) is 6.54 Å². The number of carbonyl (C=O) groups is 2. The minimum atomic E-state index is -0.314. The molecule has 0 aliphatic heterocycles. The van der Waals surface area contributed by atoms with Gasteiger partial charge < -0.3 is 4.90 Å². The largest absolute Gasteiger partial charge is 0.331 e. The van der Waals surface area contributed by atoms with Gasteiger partial charge in [-0.1, -0.05) is 72.3 Å². The third-order valence-electron chi connectivity index (χ3n) is 5.59. The zero-order valence-electron chi connectivity index (χ0n) is 19.7. The van der Waals surface area contributed by atoms with Crippen LogP contribution in [0.4, 0.5) is 5.95 Å². The number of hydrogen-bond acceptors (Lipinski definition) is 3. The normalized spacial score (nSPS) is 10.9. The fraction of sp³-hybridized carbons (Fsp3) is 0.179. The first-order valence-electron chi connectivity index (χ1n) is 11.4. The first-order valence-corrected chi connectivity index (χ1v) is 11.8. The van der Waals surface area contributed by atoms with Gasteiger partial charge in [0.15, 0.2) is 0 Å². The van der Waals surface area contributed by atoms with Crippen LogP contribution in [-0.4, -0.2) is 38.9 Å². The second-order valence-corrected chi connectivity index (χ2v) is 8.92. The summed E-state index contributed by atoms with van der Waals surface area (Å²) >= 11 is 5.95. The summed E-state index contributed by atoms with van der Waals surface area (Å²) in [7, 11) is 0. The molecule has 2 amide bonds. The van der Waals surface area contributed by atoms with Crippen molar-refractivity contribution in [3.8, 4) is 16.9 Å². The van der Waals surface area contributed by atoms with E-state index in [0.717, 1.165) is 22.5 Å². The predicted molar refractivity (Wildman–Crippen MR) is 140 cm³/mol. The second-order valence-electron chi connectivity index (χ2n) is 8.49. The molecular formula is C28H27ClN4O2. The van der Waals surface area contributed by atoms with Gasteiger partial charge in [-0.2, -0.15) is 0 Å². The lowest BCUT2D eigenvalue weighted by Crippen LogP contribution is -2.43. The van der Waals surface area contributed by atoms with Gasteiger partial charge in [0.25, 0.3) is 0 Å². The van der Waals surface area contributed by atoms with Crippen molar-refractivity contribution >= 4 is 29.4 Å². The number of para-hydroxylation sites is 1. The molecule has 35 heavy (non-hydrogen) atoms. The molecule has 6 nitrogen and oxygen atoms in total. The van der Waals surface area contributed by atoms with Crippen LogP contribution >= 0.6 is 11.6 Å². The van der Waals surface area contributed by atoms with Crippen molar-refractivity contribution in [1.29, 1.82) is 0 Å². The Kier molecular flexibility index (Phi) is 7.63. The summed E-state index contributed by atoms with van der Waals surface area (Å²) in [5, 5.41) is 3.53. The van der Waals surface area contributed by atoms with Crippen LogP contribution in [-0.2, 0) is 16.0 Å². The molecule has 4 rings (SSSR count). The second kappa shape index (κ2) is 11.0. The first kappa shape index (κ1) is 24.2. The number of benzene rings is 3. The van der Waals surface area contributed by atoms with Crippen LogP contribution in [0.1, 0.15) is 19.4 Å². The van der Waals surface area contributed by atoms with E-state index in [0.29, 0.717) is 11.0 Å². The fourth-order valence-electron chi connectivity index (χ4n) is 3.76. The summed E-state index contributed by atoms with van der Waals surface area (Å²) in [5.74, 6) is -0.0479. The molecule has 0 saturated heterocycles. The highest BCUT2D eigenvalue weighted by Crippen LogP contribution is 2.24. The van der Waals surface area contributed by atoms with Crippen molar-refractivity contribution in [2.75, 3.05) is 11.9 Å². The van der Waals surface area contributed by atoms with E-state index < -0.39 is 0 Å². The number of anilines is 1. The molecule has 0 aliphatic rings. The molecule has 1 heterocycles. The molecule has 7 heteroatoms. The number of nitrogens with zero attached hydrogens (tertiary/aromatic N) is 3. The van der Waals surface area contributed by atoms with Gasteiger partial charge in [0.2, 0.25) is 17.8 Å². The Hall–Kier alpha value is -3.90. The topological polar surface area (TPSA) is 67.2 Å². The van der Waals surface area contributed by atoms with Crippen LogP contribution in [0.5, 0.6) is 0 Å². The maximum atomic E-state index is 13.1. The first-order chi connectivity index (χ1) is 16.9. The summed E-state index contributed by atoms with van der Waals surface area (Å²) in [6, 6.07) is 26.5. The lowest BCUT2D eigenvalue weighted by atomic mass is 10.1. The average molecular weight is 487 g/mol. The summed E-state index contributed by atoms with van der Waals surface area (Å²) in [6.07, 6.45) is 2.09. The number of nitrogens with one attached hydrogen (secondary N) is 1. The third kappa shape index (κ3) is 6.16. The molecule has 0 fully saturated rings. The highest BCUT2D eigenvalue weighted by molar-refractivity contribution is 6.30. The van der Waals surface area contributed by atoms with E-state index in [4.69, 9.17) is 11.6 Å². The fourth-order valence-corrected chi connectivity index (χ4v) is 3.88. The minimum absolute atomic E-state index is 0.0770. The summed E-state index contributed by atoms with van der Waals surface area (Å²) in [4.78, 5) is 32.3. The van der Waals surface area contributed by atoms with Crippen molar-refractivity contribution < 1.29 is 9.59 Å². The van der Waals surface area contributed by atoms with Crippen LogP contribution < -0.4 is 5.32 Å². The Labute approximate surface area is 210 Å². The van der Waals surface area contributed by atoms with E-state index in [2.05, 4.69) is 10.3 Å². The lowest BCUT2D eigenvalue weighted by Gasteiger charge is -2.26. The Balaban J connectivity index is 1.54. The molecule has 0 unspecified atom stereocenters. The molecule has 0 spiro atoms. The molecular weight excluding hydrogens is 460 g/mol. The van der Waals surface area contributed by atoms with Crippen LogP contribution in [0.2, 0.25) is 5.02 Å². The van der Waals surface area contributed by atoms with E-state index in [-0.39, 0.29) is 30.8 Å². The van der Waals surface area contributed by atoms with E-state index in [1.807, 2.05) is 97.4 Å². The molecule has 178 valence electrons. The molecule has 1 N–H and O–H groups in total. The van der Waals surface area contributed by atoms with Crippen LogP contribution in [0, 0.1) is 0 Å². The zero-order valence-corrected chi connectivity index (χ0v) is 20.4. The van der Waals surface area contributed by atoms with Crippen molar-refractivity contribution in [2.24, 2.45) is 0 Å². The number of aromatic nitrogens is 2. The van der Waals surface area contributed by atoms with Gasteiger partial charge in [-0.3, -0.25) is 19.5 Å². The third-order valence-corrected chi connectivity index (χ3v) is 5.84. The smallest absolute Gasteiger partial charge is 0.246 e. The summed E-state index contributed by atoms with van der Waals surface area (Å²) in [5.41, 5.74) is 3.40. The van der Waals surface area contributed by atoms with Crippen LogP contribution in [0.15, 0.2) is 91.1 Å². The Morgan fingerprint density at radius 2 is 1.57 bits per heavy atom. The predicted octanol–water partition coefficient (Wildman–Crippen LogP) is 5.61. The number of imidazole rings is 1. The number of halogens is 1. The van der Waals surface area contributed by atoms with Crippen LogP contribution in [0.25, 0.3) is 16.9 Å². The zero-order chi connectivity index (χ0) is 24.8. The minimum Gasteiger partial charge on any atom is -0.331 e. The van der Waals surface area contributed by atoms with Gasteiger partial charge in [-0.25, -0.2) is 4.98 Å². The summed E-state index contributed by atoms with van der Waals surface area (Å²) in [6.45, 7) is 3.71. The molecule has 0 bridgehead atoms. The van der Waals surface area contributed by atoms with Gasteiger partial charge in [0, 0.05) is 28.5 Å². The molecule has 0 atom stereocenters. The highest BCUT2D eigenvalue weighted by Gasteiger charge is 2.22. The molecule has 1 aromatic heterocycles. The Morgan fingerprint density at radius 3 is 2.20 bits per heavy atom. The SMILES string of the molecule is CC(C)N(CC(=O)Nc1nc(-c2ccccc2)cn1-c1ccccc1)C(=O)Cc1ccc(Cl)cc1. The van der Waals surface area contributed by atoms with Crippen molar-refractivity contribution in [3.05, 3.63) is 102 Å². The number of rotatable bonds is 8. The summed E-state index contributed by atoms with van der Waals surface area (Å²) < 4.78 is 1.84. The van der Waals surface area contributed by atoms with Gasteiger partial charge in [0.05, 0.1) is 12.1 Å². The molecule has 0 radical (unpaired) electrons. The van der Waals surface area contributed by atoms with E-state index in [1.165, 1.54) is 0 Å². The maximum Gasteiger partial charge on any atom is 0.246 e. The molecule has 0 aliphatic carbocycles. The average Bonchev–Trinajstić information content (AvgIpc) is 3.28. The molecule has 0 saturated carbocycles. The van der Waals surface area contributed by atoms with Crippen molar-refractivity contribution in [2.45, 2.75) is 26.3 Å². The van der Waals surface area contributed by atoms with Gasteiger partial charge in [-0.15, -0.1) is 0 Å². The Morgan fingerprint density at radius 1 is 0.943 bits per heavy atom. The molecule has 4 aromatic rings. The maximum absolute atomic E-state index is 13.1. The van der Waals surface area contributed by atoms with Gasteiger partial charge >= 0.3 is 0 Å². The van der Waals surface area contributed by atoms with Crippen molar-refractivity contribution in [3.63, 3.8) is 0 Å². The lowest BCUT2D eigenvalue weighted by molar-refractivity contribution is -0.135. The highest BCUT2D eigenvalue weighted by atomic mass is 35.5. The Bertz CT molecular complexity index is 1290.